The van der Waals surface area contributed by atoms with E-state index in [4.69, 9.17) is 11.6 Å². The van der Waals surface area contributed by atoms with Crippen LogP contribution in [0.25, 0.3) is 0 Å². The molecule has 3 rings (SSSR count). The predicted molar refractivity (Wildman–Crippen MR) is 94.5 cm³/mol. The molecule has 0 aliphatic carbocycles. The average Bonchev–Trinajstić information content (AvgIpc) is 3.25. The van der Waals surface area contributed by atoms with Gasteiger partial charge in [0.05, 0.1) is 17.1 Å². The number of carbonyl (C=O) groups excluding carboxylic acids is 1. The molecule has 25 heavy (non-hydrogen) atoms. The van der Waals surface area contributed by atoms with Crippen molar-refractivity contribution in [3.05, 3.63) is 52.7 Å². The van der Waals surface area contributed by atoms with Crippen LogP contribution in [0.3, 0.4) is 0 Å². The summed E-state index contributed by atoms with van der Waals surface area (Å²) in [6.45, 7) is 0.356. The summed E-state index contributed by atoms with van der Waals surface area (Å²) >= 11 is 7.00. The van der Waals surface area contributed by atoms with E-state index in [-0.39, 0.29) is 27.8 Å². The second-order valence-electron chi connectivity index (χ2n) is 5.06. The Morgan fingerprint density at radius 2 is 2.00 bits per heavy atom. The molecule has 3 aromatic rings. The van der Waals surface area contributed by atoms with Gasteiger partial charge in [-0.3, -0.25) is 9.48 Å². The molecule has 0 aliphatic heterocycles. The standard InChI is InChI=1S/C15H13ClN4O3S2/c16-11-1-3-12(4-2-11)25(22,23)14-8-24-7-13(14)19-15(21)5-6-20-10-17-9-18-20/h1-4,7-10H,5-6H2,(H,19,21). The molecule has 7 nitrogen and oxygen atoms in total. The van der Waals surface area contributed by atoms with Crippen molar-refractivity contribution in [2.24, 2.45) is 0 Å². The van der Waals surface area contributed by atoms with Gasteiger partial charge in [-0.2, -0.15) is 5.10 Å². The summed E-state index contributed by atoms with van der Waals surface area (Å²) in [7, 11) is -3.74. The van der Waals surface area contributed by atoms with Gasteiger partial charge in [0.25, 0.3) is 0 Å². The first kappa shape index (κ1) is 17.6. The number of sulfone groups is 1. The highest BCUT2D eigenvalue weighted by Crippen LogP contribution is 2.31. The van der Waals surface area contributed by atoms with Crippen LogP contribution in [0.2, 0.25) is 5.02 Å². The van der Waals surface area contributed by atoms with Crippen LogP contribution in [0.15, 0.2) is 57.5 Å². The Labute approximate surface area is 153 Å². The molecule has 2 aromatic heterocycles. The minimum absolute atomic E-state index is 0.0638. The normalized spacial score (nSPS) is 11.4. The molecular formula is C15H13ClN4O3S2. The first-order valence-electron chi connectivity index (χ1n) is 7.16. The highest BCUT2D eigenvalue weighted by atomic mass is 35.5. The van der Waals surface area contributed by atoms with E-state index >= 15 is 0 Å². The van der Waals surface area contributed by atoms with Gasteiger partial charge in [0, 0.05) is 22.2 Å². The lowest BCUT2D eigenvalue weighted by molar-refractivity contribution is -0.116. The summed E-state index contributed by atoms with van der Waals surface area (Å²) < 4.78 is 27.0. The van der Waals surface area contributed by atoms with Crippen molar-refractivity contribution in [3.63, 3.8) is 0 Å². The number of carbonyl (C=O) groups is 1. The smallest absolute Gasteiger partial charge is 0.226 e. The molecule has 0 unspecified atom stereocenters. The number of nitrogens with one attached hydrogen (secondary N) is 1. The molecule has 0 bridgehead atoms. The number of amides is 1. The summed E-state index contributed by atoms with van der Waals surface area (Å²) in [4.78, 5) is 16.1. The van der Waals surface area contributed by atoms with Crippen LogP contribution < -0.4 is 5.32 Å². The number of hydrogen-bond acceptors (Lipinski definition) is 6. The molecule has 1 N–H and O–H groups in total. The first-order chi connectivity index (χ1) is 12.0. The van der Waals surface area contributed by atoms with Gasteiger partial charge >= 0.3 is 0 Å². The summed E-state index contributed by atoms with van der Waals surface area (Å²) in [6, 6.07) is 5.89. The van der Waals surface area contributed by atoms with E-state index in [1.807, 2.05) is 0 Å². The van der Waals surface area contributed by atoms with Crippen molar-refractivity contribution < 1.29 is 13.2 Å². The lowest BCUT2D eigenvalue weighted by Gasteiger charge is -2.08. The molecule has 0 saturated carbocycles. The van der Waals surface area contributed by atoms with Crippen molar-refractivity contribution in [1.29, 1.82) is 0 Å². The number of aryl methyl sites for hydroxylation is 1. The van der Waals surface area contributed by atoms with Crippen LogP contribution >= 0.6 is 22.9 Å². The number of benzene rings is 1. The van der Waals surface area contributed by atoms with Gasteiger partial charge in [-0.15, -0.1) is 11.3 Å². The predicted octanol–water partition coefficient (Wildman–Crippen LogP) is 2.85. The fourth-order valence-corrected chi connectivity index (χ4v) is 4.76. The number of aromatic nitrogens is 3. The maximum atomic E-state index is 12.7. The lowest BCUT2D eigenvalue weighted by atomic mass is 10.4. The number of nitrogens with zero attached hydrogens (tertiary/aromatic N) is 3. The second-order valence-corrected chi connectivity index (χ2v) is 8.16. The number of hydrogen-bond donors (Lipinski definition) is 1. The Morgan fingerprint density at radius 3 is 2.68 bits per heavy atom. The highest BCUT2D eigenvalue weighted by Gasteiger charge is 2.23. The fraction of sp³-hybridized carbons (Fsp3) is 0.133. The maximum absolute atomic E-state index is 12.7. The molecule has 0 saturated heterocycles. The molecule has 0 aliphatic rings. The third-order valence-electron chi connectivity index (χ3n) is 3.35. The number of halogens is 1. The van der Waals surface area contributed by atoms with Crippen molar-refractivity contribution in [3.8, 4) is 0 Å². The largest absolute Gasteiger partial charge is 0.324 e. The summed E-state index contributed by atoms with van der Waals surface area (Å²) in [6.07, 6.45) is 3.04. The van der Waals surface area contributed by atoms with E-state index < -0.39 is 9.84 Å². The van der Waals surface area contributed by atoms with Crippen molar-refractivity contribution >= 4 is 44.4 Å². The quantitative estimate of drug-likeness (QED) is 0.691. The highest BCUT2D eigenvalue weighted by molar-refractivity contribution is 7.91. The van der Waals surface area contributed by atoms with Crippen molar-refractivity contribution in [2.45, 2.75) is 22.8 Å². The molecule has 1 amide bonds. The van der Waals surface area contributed by atoms with Gasteiger partial charge in [0.15, 0.2) is 0 Å². The van der Waals surface area contributed by atoms with E-state index in [1.54, 1.807) is 5.38 Å². The minimum atomic E-state index is -3.74. The number of rotatable bonds is 6. The van der Waals surface area contributed by atoms with Gasteiger partial charge < -0.3 is 5.32 Å². The van der Waals surface area contributed by atoms with Crippen LogP contribution in [0.5, 0.6) is 0 Å². The van der Waals surface area contributed by atoms with Crippen molar-refractivity contribution in [2.75, 3.05) is 5.32 Å². The van der Waals surface area contributed by atoms with Crippen LogP contribution in [0.4, 0.5) is 5.69 Å². The van der Waals surface area contributed by atoms with Gasteiger partial charge in [0.1, 0.15) is 17.6 Å². The van der Waals surface area contributed by atoms with E-state index in [0.717, 1.165) is 0 Å². The van der Waals surface area contributed by atoms with Gasteiger partial charge in [-0.05, 0) is 24.3 Å². The zero-order valence-electron chi connectivity index (χ0n) is 12.8. The average molecular weight is 397 g/mol. The van der Waals surface area contributed by atoms with E-state index in [0.29, 0.717) is 11.6 Å². The summed E-state index contributed by atoms with van der Waals surface area (Å²) in [5.41, 5.74) is 0.267. The van der Waals surface area contributed by atoms with E-state index in [1.165, 1.54) is 58.3 Å². The van der Waals surface area contributed by atoms with Gasteiger partial charge in [-0.1, -0.05) is 11.6 Å². The van der Waals surface area contributed by atoms with Crippen LogP contribution in [-0.2, 0) is 21.2 Å². The number of thiophene rings is 1. The van der Waals surface area contributed by atoms with Crippen LogP contribution in [-0.4, -0.2) is 29.1 Å². The molecule has 10 heteroatoms. The molecule has 1 aromatic carbocycles. The molecular weight excluding hydrogens is 384 g/mol. The minimum Gasteiger partial charge on any atom is -0.324 e. The third-order valence-corrected chi connectivity index (χ3v) is 6.30. The molecule has 0 radical (unpaired) electrons. The molecule has 0 fully saturated rings. The zero-order chi connectivity index (χ0) is 17.9. The molecule has 2 heterocycles. The first-order valence-corrected chi connectivity index (χ1v) is 9.96. The topological polar surface area (TPSA) is 93.9 Å². The second kappa shape index (κ2) is 7.34. The van der Waals surface area contributed by atoms with Gasteiger partial charge in [0.2, 0.25) is 15.7 Å². The van der Waals surface area contributed by atoms with Crippen LogP contribution in [0.1, 0.15) is 6.42 Å². The lowest BCUT2D eigenvalue weighted by Crippen LogP contribution is -2.16. The Hall–Kier alpha value is -2.23. The zero-order valence-corrected chi connectivity index (χ0v) is 15.2. The number of anilines is 1. The van der Waals surface area contributed by atoms with Crippen molar-refractivity contribution in [1.82, 2.24) is 14.8 Å². The van der Waals surface area contributed by atoms with E-state index in [9.17, 15) is 13.2 Å². The monoisotopic (exact) mass is 396 g/mol. The summed E-state index contributed by atoms with van der Waals surface area (Å²) in [5.74, 6) is -0.304. The van der Waals surface area contributed by atoms with Crippen LogP contribution in [0, 0.1) is 0 Å². The Morgan fingerprint density at radius 1 is 1.24 bits per heavy atom. The Bertz CT molecular complexity index is 967. The van der Waals surface area contributed by atoms with Gasteiger partial charge in [-0.25, -0.2) is 13.4 Å². The maximum Gasteiger partial charge on any atom is 0.226 e. The SMILES string of the molecule is O=C(CCn1cncn1)Nc1cscc1S(=O)(=O)c1ccc(Cl)cc1. The molecule has 0 spiro atoms. The fourth-order valence-electron chi connectivity index (χ4n) is 2.10. The Balaban J connectivity index is 1.75. The van der Waals surface area contributed by atoms with E-state index in [2.05, 4.69) is 15.4 Å². The Kier molecular flexibility index (Phi) is 5.16. The molecule has 130 valence electrons. The summed E-state index contributed by atoms with van der Waals surface area (Å²) in [5, 5.41) is 10.1. The third kappa shape index (κ3) is 4.06. The molecule has 0 atom stereocenters.